The number of nitrogens with zero attached hydrogens (tertiary/aromatic N) is 4. The van der Waals surface area contributed by atoms with Crippen molar-refractivity contribution in [1.29, 1.82) is 0 Å². The highest BCUT2D eigenvalue weighted by molar-refractivity contribution is 6.04. The van der Waals surface area contributed by atoms with Gasteiger partial charge in [-0.25, -0.2) is 4.79 Å². The van der Waals surface area contributed by atoms with Crippen LogP contribution in [0.15, 0.2) is 48.8 Å². The third-order valence-corrected chi connectivity index (χ3v) is 6.06. The zero-order chi connectivity index (χ0) is 21.5. The fraction of sp³-hybridized carbons (Fsp3) is 0.348. The molecule has 3 aromatic rings. The molecule has 1 amide bonds. The summed E-state index contributed by atoms with van der Waals surface area (Å²) in [6.07, 6.45) is 4.73. The van der Waals surface area contributed by atoms with Crippen LogP contribution < -0.4 is 0 Å². The van der Waals surface area contributed by atoms with Crippen LogP contribution in [0.4, 0.5) is 0 Å². The van der Waals surface area contributed by atoms with Crippen LogP contribution in [0.2, 0.25) is 0 Å². The highest BCUT2D eigenvalue weighted by Gasteiger charge is 2.56. The van der Waals surface area contributed by atoms with Crippen molar-refractivity contribution < 1.29 is 19.1 Å². The first-order valence-corrected chi connectivity index (χ1v) is 10.4. The first kappa shape index (κ1) is 19.4. The summed E-state index contributed by atoms with van der Waals surface area (Å²) < 4.78 is 7.01. The highest BCUT2D eigenvalue weighted by Crippen LogP contribution is 2.48. The molecule has 8 heteroatoms. The van der Waals surface area contributed by atoms with Gasteiger partial charge in [-0.05, 0) is 30.4 Å². The maximum absolute atomic E-state index is 13.2. The summed E-state index contributed by atoms with van der Waals surface area (Å²) in [5, 5.41) is 5.01. The Balaban J connectivity index is 1.33. The van der Waals surface area contributed by atoms with Gasteiger partial charge in [0.05, 0.1) is 11.7 Å². The van der Waals surface area contributed by atoms with E-state index in [0.29, 0.717) is 28.9 Å². The minimum absolute atomic E-state index is 0.0544. The lowest BCUT2D eigenvalue weighted by Crippen LogP contribution is -2.45. The van der Waals surface area contributed by atoms with Gasteiger partial charge in [0.2, 0.25) is 5.91 Å². The number of ketones is 1. The molecule has 0 radical (unpaired) electrons. The number of rotatable bonds is 6. The molecule has 1 aliphatic carbocycles. The summed E-state index contributed by atoms with van der Waals surface area (Å²) in [5.41, 5.74) is 1.84. The Kier molecular flexibility index (Phi) is 4.77. The molecular weight excluding hydrogens is 396 g/mol. The first-order chi connectivity index (χ1) is 15.0. The van der Waals surface area contributed by atoms with Crippen LogP contribution >= 0.6 is 0 Å². The average Bonchev–Trinajstić information content (AvgIpc) is 3.28. The molecule has 3 atom stereocenters. The van der Waals surface area contributed by atoms with Crippen molar-refractivity contribution in [3.05, 3.63) is 60.0 Å². The van der Waals surface area contributed by atoms with Gasteiger partial charge < -0.3 is 9.64 Å². The molecule has 2 aliphatic rings. The van der Waals surface area contributed by atoms with E-state index in [1.807, 2.05) is 30.3 Å². The molecule has 2 aromatic heterocycles. The van der Waals surface area contributed by atoms with Crippen molar-refractivity contribution in [2.24, 2.45) is 5.92 Å². The zero-order valence-corrected chi connectivity index (χ0v) is 17.1. The van der Waals surface area contributed by atoms with Gasteiger partial charge in [0.15, 0.2) is 5.78 Å². The van der Waals surface area contributed by atoms with Crippen LogP contribution in [0.3, 0.4) is 0 Å². The van der Waals surface area contributed by atoms with E-state index in [0.717, 1.165) is 12.0 Å². The van der Waals surface area contributed by atoms with Gasteiger partial charge in [0, 0.05) is 24.5 Å². The zero-order valence-electron chi connectivity index (χ0n) is 17.1. The van der Waals surface area contributed by atoms with Crippen LogP contribution in [0.1, 0.15) is 35.8 Å². The second-order valence-electron chi connectivity index (χ2n) is 8.16. The summed E-state index contributed by atoms with van der Waals surface area (Å²) >= 11 is 0. The fourth-order valence-corrected chi connectivity index (χ4v) is 4.46. The molecule has 1 saturated carbocycles. The third-order valence-electron chi connectivity index (χ3n) is 6.06. The van der Waals surface area contributed by atoms with Crippen LogP contribution in [-0.4, -0.2) is 49.4 Å². The van der Waals surface area contributed by atoms with Crippen molar-refractivity contribution in [2.45, 2.75) is 45.0 Å². The molecule has 1 saturated heterocycles. The molecule has 31 heavy (non-hydrogen) atoms. The van der Waals surface area contributed by atoms with E-state index in [1.165, 1.54) is 11.6 Å². The maximum Gasteiger partial charge on any atom is 0.329 e. The Morgan fingerprint density at radius 2 is 1.94 bits per heavy atom. The molecule has 1 unspecified atom stereocenters. The van der Waals surface area contributed by atoms with E-state index < -0.39 is 6.04 Å². The topological polar surface area (TPSA) is 94.4 Å². The molecule has 8 nitrogen and oxygen atoms in total. The van der Waals surface area contributed by atoms with Gasteiger partial charge in [0.1, 0.15) is 24.9 Å². The highest BCUT2D eigenvalue weighted by atomic mass is 16.5. The number of piperidine rings is 1. The number of pyridine rings is 1. The minimum atomic E-state index is -0.577. The van der Waals surface area contributed by atoms with Gasteiger partial charge in [-0.2, -0.15) is 5.10 Å². The number of hydrogen-bond acceptors (Lipinski definition) is 6. The van der Waals surface area contributed by atoms with Crippen LogP contribution in [0.25, 0.3) is 10.9 Å². The number of aromatic nitrogens is 3. The number of Topliss-reactive ketones (excluding diaryl/α,β-unsaturated/α-hetero) is 1. The second-order valence-corrected chi connectivity index (χ2v) is 8.16. The van der Waals surface area contributed by atoms with E-state index in [1.54, 1.807) is 23.4 Å². The van der Waals surface area contributed by atoms with Crippen LogP contribution in [-0.2, 0) is 27.5 Å². The molecule has 0 bridgehead atoms. The Morgan fingerprint density at radius 3 is 2.71 bits per heavy atom. The maximum atomic E-state index is 13.2. The Labute approximate surface area is 178 Å². The lowest BCUT2D eigenvalue weighted by atomic mass is 10.1. The van der Waals surface area contributed by atoms with Crippen molar-refractivity contribution >= 4 is 28.6 Å². The number of esters is 1. The largest absolute Gasteiger partial charge is 0.459 e. The molecule has 0 N–H and O–H groups in total. The van der Waals surface area contributed by atoms with Crippen molar-refractivity contribution in [3.8, 4) is 0 Å². The summed E-state index contributed by atoms with van der Waals surface area (Å²) in [6.45, 7) is 1.58. The fourth-order valence-electron chi connectivity index (χ4n) is 4.46. The molecule has 158 valence electrons. The predicted molar refractivity (Wildman–Crippen MR) is 111 cm³/mol. The van der Waals surface area contributed by atoms with Gasteiger partial charge in [-0.1, -0.05) is 30.3 Å². The molecule has 2 fully saturated rings. The molecule has 3 heterocycles. The number of ether oxygens (including phenoxy) is 1. The van der Waals surface area contributed by atoms with E-state index in [2.05, 4.69) is 10.1 Å². The normalized spacial score (nSPS) is 21.7. The van der Waals surface area contributed by atoms with E-state index in [4.69, 9.17) is 4.74 Å². The number of amides is 1. The Hall–Kier alpha value is -3.55. The van der Waals surface area contributed by atoms with Crippen molar-refractivity contribution in [3.63, 3.8) is 0 Å². The van der Waals surface area contributed by atoms with Crippen LogP contribution in [0, 0.1) is 5.92 Å². The SMILES string of the molecule is CC(=O)c1nn(CC(=O)N2C(C(=O)OCc3ccccc3)C[C@H]3C[C@H]32)c2cnccc12. The molecule has 0 spiro atoms. The average molecular weight is 418 g/mol. The predicted octanol–water partition coefficient (Wildman–Crippen LogP) is 2.37. The summed E-state index contributed by atoms with van der Waals surface area (Å²) in [4.78, 5) is 43.7. The van der Waals surface area contributed by atoms with Gasteiger partial charge >= 0.3 is 5.97 Å². The third kappa shape index (κ3) is 3.58. The standard InChI is InChI=1S/C23H22N4O4/c1-14(28)22-17-7-8-24-11-20(17)26(25-22)12-21(29)27-18-9-16(18)10-19(27)23(30)31-13-15-5-3-2-4-6-15/h2-8,11,16,18-19H,9-10,12-13H2,1H3/t16-,18-,19?/m1/s1. The lowest BCUT2D eigenvalue weighted by molar-refractivity contribution is -0.155. The molecule has 5 rings (SSSR count). The number of benzene rings is 1. The first-order valence-electron chi connectivity index (χ1n) is 10.4. The number of likely N-dealkylation sites (tertiary alicyclic amines) is 1. The minimum Gasteiger partial charge on any atom is -0.459 e. The summed E-state index contributed by atoms with van der Waals surface area (Å²) in [7, 11) is 0. The van der Waals surface area contributed by atoms with E-state index >= 15 is 0 Å². The Morgan fingerprint density at radius 1 is 1.13 bits per heavy atom. The quantitative estimate of drug-likeness (QED) is 0.451. The van der Waals surface area contributed by atoms with Gasteiger partial charge in [0.25, 0.3) is 0 Å². The summed E-state index contributed by atoms with van der Waals surface area (Å²) in [5.74, 6) is -0.397. The van der Waals surface area contributed by atoms with Crippen LogP contribution in [0.5, 0.6) is 0 Å². The number of fused-ring (bicyclic) bond motifs is 2. The van der Waals surface area contributed by atoms with Crippen molar-refractivity contribution in [1.82, 2.24) is 19.7 Å². The molecule has 1 aromatic carbocycles. The number of hydrogen-bond donors (Lipinski definition) is 0. The Bertz CT molecular complexity index is 1170. The second kappa shape index (κ2) is 7.61. The van der Waals surface area contributed by atoms with E-state index in [-0.39, 0.29) is 36.9 Å². The van der Waals surface area contributed by atoms with Crippen molar-refractivity contribution in [2.75, 3.05) is 0 Å². The monoisotopic (exact) mass is 418 g/mol. The number of carbonyl (C=O) groups is 3. The lowest BCUT2D eigenvalue weighted by Gasteiger charge is -2.26. The van der Waals surface area contributed by atoms with Gasteiger partial charge in [-0.3, -0.25) is 19.3 Å². The molecule has 1 aliphatic heterocycles. The van der Waals surface area contributed by atoms with E-state index in [9.17, 15) is 14.4 Å². The summed E-state index contributed by atoms with van der Waals surface area (Å²) in [6, 6.07) is 10.7. The number of carbonyl (C=O) groups excluding carboxylic acids is 3. The smallest absolute Gasteiger partial charge is 0.329 e. The van der Waals surface area contributed by atoms with Gasteiger partial charge in [-0.15, -0.1) is 0 Å². The molecular formula is C23H22N4O4.